The van der Waals surface area contributed by atoms with E-state index in [0.29, 0.717) is 19.4 Å². The Balaban J connectivity index is 1.53. The average Bonchev–Trinajstić information content (AvgIpc) is 3.02. The molecule has 1 aliphatic heterocycles. The standard InChI is InChI=1S/C18H24N2O3/c21-17(10-12-20-11-4-9-16(20)18(22)23)19-15-8-3-6-13-5-1-2-7-14(13)15/h1-2,5,7,15-16H,3-4,6,8-12H2,(H,19,21)(H,22,23)/t15-,16+/m1/s1. The second-order valence-corrected chi connectivity index (χ2v) is 6.49. The molecule has 23 heavy (non-hydrogen) atoms. The summed E-state index contributed by atoms with van der Waals surface area (Å²) in [5.41, 5.74) is 2.56. The fourth-order valence-electron chi connectivity index (χ4n) is 3.79. The molecule has 1 aromatic carbocycles. The Morgan fingerprint density at radius 1 is 1.22 bits per heavy atom. The number of aryl methyl sites for hydroxylation is 1. The van der Waals surface area contributed by atoms with Crippen LogP contribution in [-0.2, 0) is 16.0 Å². The lowest BCUT2D eigenvalue weighted by atomic mass is 9.87. The summed E-state index contributed by atoms with van der Waals surface area (Å²) in [6.45, 7) is 1.30. The van der Waals surface area contributed by atoms with Gasteiger partial charge in [0, 0.05) is 13.0 Å². The summed E-state index contributed by atoms with van der Waals surface area (Å²) in [5, 5.41) is 12.3. The van der Waals surface area contributed by atoms with E-state index in [1.54, 1.807) is 0 Å². The number of benzene rings is 1. The van der Waals surface area contributed by atoms with Crippen LogP contribution in [0.3, 0.4) is 0 Å². The SMILES string of the molecule is O=C(CCN1CCC[C@H]1C(=O)O)N[C@@H]1CCCc2ccccc21. The number of nitrogens with zero attached hydrogens (tertiary/aromatic N) is 1. The summed E-state index contributed by atoms with van der Waals surface area (Å²) in [5.74, 6) is -0.758. The minimum atomic E-state index is -0.774. The predicted molar refractivity (Wildman–Crippen MR) is 87.1 cm³/mol. The molecule has 124 valence electrons. The van der Waals surface area contributed by atoms with Gasteiger partial charge >= 0.3 is 5.97 Å². The molecule has 1 aromatic rings. The molecule has 2 atom stereocenters. The lowest BCUT2D eigenvalue weighted by molar-refractivity contribution is -0.142. The number of carbonyl (C=O) groups excluding carboxylic acids is 1. The van der Waals surface area contributed by atoms with E-state index in [1.165, 1.54) is 11.1 Å². The number of hydrogen-bond acceptors (Lipinski definition) is 3. The number of carboxylic acids is 1. The summed E-state index contributed by atoms with van der Waals surface area (Å²) < 4.78 is 0. The highest BCUT2D eigenvalue weighted by Gasteiger charge is 2.30. The third-order valence-corrected chi connectivity index (χ3v) is 4.98. The quantitative estimate of drug-likeness (QED) is 0.873. The van der Waals surface area contributed by atoms with Gasteiger partial charge in [0.2, 0.25) is 5.91 Å². The van der Waals surface area contributed by atoms with Crippen molar-refractivity contribution in [1.29, 1.82) is 0 Å². The summed E-state index contributed by atoms with van der Waals surface area (Å²) in [6, 6.07) is 7.97. The number of nitrogens with one attached hydrogen (secondary N) is 1. The summed E-state index contributed by atoms with van der Waals surface area (Å²) >= 11 is 0. The Morgan fingerprint density at radius 2 is 2.04 bits per heavy atom. The maximum Gasteiger partial charge on any atom is 0.320 e. The molecule has 3 rings (SSSR count). The number of amides is 1. The number of likely N-dealkylation sites (tertiary alicyclic amines) is 1. The van der Waals surface area contributed by atoms with Gasteiger partial charge < -0.3 is 10.4 Å². The first-order chi connectivity index (χ1) is 11.1. The van der Waals surface area contributed by atoms with Gasteiger partial charge in [0.05, 0.1) is 6.04 Å². The molecule has 0 aromatic heterocycles. The fraction of sp³-hybridized carbons (Fsp3) is 0.556. The molecule has 5 nitrogen and oxygen atoms in total. The van der Waals surface area contributed by atoms with E-state index in [9.17, 15) is 14.7 Å². The first-order valence-corrected chi connectivity index (χ1v) is 8.49. The highest BCUT2D eigenvalue weighted by atomic mass is 16.4. The molecule has 1 amide bonds. The molecule has 1 saturated heterocycles. The molecule has 2 N–H and O–H groups in total. The molecule has 0 spiro atoms. The zero-order valence-corrected chi connectivity index (χ0v) is 13.3. The third-order valence-electron chi connectivity index (χ3n) is 4.98. The van der Waals surface area contributed by atoms with Gasteiger partial charge in [-0.05, 0) is 49.8 Å². The Bertz CT molecular complexity index is 587. The Hall–Kier alpha value is -1.88. The van der Waals surface area contributed by atoms with E-state index in [0.717, 1.165) is 32.2 Å². The number of carboxylic acid groups (broad SMARTS) is 1. The molecule has 0 saturated carbocycles. The van der Waals surface area contributed by atoms with Crippen LogP contribution in [0.2, 0.25) is 0 Å². The molecule has 2 aliphatic rings. The lowest BCUT2D eigenvalue weighted by Crippen LogP contribution is -2.39. The fourth-order valence-corrected chi connectivity index (χ4v) is 3.79. The van der Waals surface area contributed by atoms with Crippen molar-refractivity contribution >= 4 is 11.9 Å². The van der Waals surface area contributed by atoms with Crippen molar-refractivity contribution in [2.45, 2.75) is 50.6 Å². The zero-order valence-electron chi connectivity index (χ0n) is 13.3. The zero-order chi connectivity index (χ0) is 16.2. The molecule has 5 heteroatoms. The van der Waals surface area contributed by atoms with Crippen LogP contribution in [0.1, 0.15) is 49.3 Å². The van der Waals surface area contributed by atoms with Crippen LogP contribution >= 0.6 is 0 Å². The first-order valence-electron chi connectivity index (χ1n) is 8.49. The normalized spacial score (nSPS) is 24.2. The lowest BCUT2D eigenvalue weighted by Gasteiger charge is -2.27. The highest BCUT2D eigenvalue weighted by Crippen LogP contribution is 2.29. The van der Waals surface area contributed by atoms with Gasteiger partial charge in [0.1, 0.15) is 6.04 Å². The maximum absolute atomic E-state index is 12.3. The van der Waals surface area contributed by atoms with Crippen molar-refractivity contribution in [3.05, 3.63) is 35.4 Å². The number of rotatable bonds is 5. The van der Waals surface area contributed by atoms with Crippen molar-refractivity contribution < 1.29 is 14.7 Å². The number of fused-ring (bicyclic) bond motifs is 1. The van der Waals surface area contributed by atoms with Crippen molar-refractivity contribution in [2.75, 3.05) is 13.1 Å². The van der Waals surface area contributed by atoms with Crippen LogP contribution in [0.5, 0.6) is 0 Å². The summed E-state index contributed by atoms with van der Waals surface area (Å²) in [4.78, 5) is 25.4. The Kier molecular flexibility index (Phi) is 4.96. The van der Waals surface area contributed by atoms with Crippen molar-refractivity contribution in [2.24, 2.45) is 0 Å². The van der Waals surface area contributed by atoms with Gasteiger partial charge in [-0.15, -0.1) is 0 Å². The van der Waals surface area contributed by atoms with Gasteiger partial charge in [-0.3, -0.25) is 14.5 Å². The van der Waals surface area contributed by atoms with E-state index in [-0.39, 0.29) is 11.9 Å². The minimum absolute atomic E-state index is 0.0164. The van der Waals surface area contributed by atoms with Crippen LogP contribution < -0.4 is 5.32 Å². The highest BCUT2D eigenvalue weighted by molar-refractivity contribution is 5.77. The summed E-state index contributed by atoms with van der Waals surface area (Å²) in [7, 11) is 0. The molecular weight excluding hydrogens is 292 g/mol. The molecule has 0 unspecified atom stereocenters. The number of aliphatic carboxylic acids is 1. The number of carbonyl (C=O) groups is 2. The molecule has 0 radical (unpaired) electrons. The van der Waals surface area contributed by atoms with Crippen molar-refractivity contribution in [3.63, 3.8) is 0 Å². The number of hydrogen-bond donors (Lipinski definition) is 2. The van der Waals surface area contributed by atoms with Crippen LogP contribution in [0.15, 0.2) is 24.3 Å². The van der Waals surface area contributed by atoms with Gasteiger partial charge in [0.15, 0.2) is 0 Å². The van der Waals surface area contributed by atoms with E-state index in [2.05, 4.69) is 17.4 Å². The second-order valence-electron chi connectivity index (χ2n) is 6.49. The largest absolute Gasteiger partial charge is 0.480 e. The average molecular weight is 316 g/mol. The predicted octanol–water partition coefficient (Wildman–Crippen LogP) is 2.12. The van der Waals surface area contributed by atoms with Crippen molar-refractivity contribution in [1.82, 2.24) is 10.2 Å². The summed E-state index contributed by atoms with van der Waals surface area (Å²) in [6.07, 6.45) is 5.10. The minimum Gasteiger partial charge on any atom is -0.480 e. The van der Waals surface area contributed by atoms with Gasteiger partial charge in [-0.1, -0.05) is 24.3 Å². The molecule has 1 aliphatic carbocycles. The van der Waals surface area contributed by atoms with Gasteiger partial charge in [0.25, 0.3) is 0 Å². The van der Waals surface area contributed by atoms with E-state index in [1.807, 2.05) is 17.0 Å². The van der Waals surface area contributed by atoms with Crippen LogP contribution in [0.25, 0.3) is 0 Å². The third kappa shape index (κ3) is 3.72. The Labute approximate surface area is 136 Å². The van der Waals surface area contributed by atoms with Crippen molar-refractivity contribution in [3.8, 4) is 0 Å². The van der Waals surface area contributed by atoms with Gasteiger partial charge in [-0.2, -0.15) is 0 Å². The van der Waals surface area contributed by atoms with E-state index < -0.39 is 12.0 Å². The van der Waals surface area contributed by atoms with Crippen LogP contribution in [0, 0.1) is 0 Å². The monoisotopic (exact) mass is 316 g/mol. The van der Waals surface area contributed by atoms with Crippen LogP contribution in [-0.4, -0.2) is 41.0 Å². The van der Waals surface area contributed by atoms with Crippen LogP contribution in [0.4, 0.5) is 0 Å². The molecular formula is C18H24N2O3. The second kappa shape index (κ2) is 7.13. The molecule has 0 bridgehead atoms. The van der Waals surface area contributed by atoms with E-state index in [4.69, 9.17) is 0 Å². The smallest absolute Gasteiger partial charge is 0.320 e. The van der Waals surface area contributed by atoms with Gasteiger partial charge in [-0.25, -0.2) is 0 Å². The molecule has 1 fully saturated rings. The molecule has 1 heterocycles. The topological polar surface area (TPSA) is 69.6 Å². The van der Waals surface area contributed by atoms with E-state index >= 15 is 0 Å². The first kappa shape index (κ1) is 16.0. The maximum atomic E-state index is 12.3. The Morgan fingerprint density at radius 3 is 2.87 bits per heavy atom.